The van der Waals surface area contributed by atoms with Gasteiger partial charge in [0.2, 0.25) is 5.91 Å². The van der Waals surface area contributed by atoms with Gasteiger partial charge in [0, 0.05) is 30.8 Å². The molecular weight excluding hydrogens is 314 g/mol. The van der Waals surface area contributed by atoms with Crippen LogP contribution in [0.3, 0.4) is 0 Å². The van der Waals surface area contributed by atoms with Crippen LogP contribution in [0.5, 0.6) is 0 Å². The van der Waals surface area contributed by atoms with Crippen LogP contribution in [-0.2, 0) is 31.1 Å². The molecule has 0 radical (unpaired) electrons. The summed E-state index contributed by atoms with van der Waals surface area (Å²) < 4.78 is 10.8. The van der Waals surface area contributed by atoms with Crippen molar-refractivity contribution in [2.45, 2.75) is 44.1 Å². The Labute approximate surface area is 140 Å². The first-order chi connectivity index (χ1) is 11.1. The van der Waals surface area contributed by atoms with Crippen LogP contribution in [0.15, 0.2) is 11.4 Å². The van der Waals surface area contributed by atoms with Crippen molar-refractivity contribution in [2.24, 2.45) is 0 Å². The number of thiophene rings is 1. The number of carbonyl (C=O) groups is 2. The average molecular weight is 337 g/mol. The number of rotatable bonds is 4. The van der Waals surface area contributed by atoms with Gasteiger partial charge in [-0.25, -0.2) is 0 Å². The molecule has 0 atom stereocenters. The van der Waals surface area contributed by atoms with Gasteiger partial charge in [-0.2, -0.15) is 0 Å². The molecule has 0 N–H and O–H groups in total. The molecule has 0 bridgehead atoms. The van der Waals surface area contributed by atoms with Gasteiger partial charge in [0.1, 0.15) is 5.60 Å². The Kier molecular flexibility index (Phi) is 5.02. The van der Waals surface area contributed by atoms with Crippen LogP contribution >= 0.6 is 11.3 Å². The quantitative estimate of drug-likeness (QED) is 0.792. The molecule has 0 unspecified atom stereocenters. The summed E-state index contributed by atoms with van der Waals surface area (Å²) in [6.45, 7) is 2.24. The van der Waals surface area contributed by atoms with E-state index < -0.39 is 0 Å². The minimum absolute atomic E-state index is 0.131. The summed E-state index contributed by atoms with van der Waals surface area (Å²) in [6, 6.07) is 2.20. The van der Waals surface area contributed by atoms with Gasteiger partial charge in [-0.05, 0) is 42.7 Å². The molecule has 0 saturated carbocycles. The molecule has 3 heterocycles. The first kappa shape index (κ1) is 16.5. The molecule has 1 aromatic rings. The molecule has 3 rings (SSSR count). The molecule has 2 aliphatic heterocycles. The minimum atomic E-state index is -0.253. The predicted octanol–water partition coefficient (Wildman–Crippen LogP) is 2.48. The van der Waals surface area contributed by atoms with Crippen LogP contribution in [0, 0.1) is 0 Å². The lowest BCUT2D eigenvalue weighted by atomic mass is 9.85. The summed E-state index contributed by atoms with van der Waals surface area (Å²) in [5.41, 5.74) is 1.24. The SMILES string of the molecule is COC(=O)CCCC(=O)N1CCC2(CC1)OCCc1ccsc12. The van der Waals surface area contributed by atoms with Gasteiger partial charge in [-0.15, -0.1) is 11.3 Å². The molecule has 6 heteroatoms. The van der Waals surface area contributed by atoms with E-state index in [4.69, 9.17) is 4.74 Å². The summed E-state index contributed by atoms with van der Waals surface area (Å²) in [7, 11) is 1.37. The van der Waals surface area contributed by atoms with Crippen molar-refractivity contribution < 1.29 is 19.1 Å². The van der Waals surface area contributed by atoms with Crippen molar-refractivity contribution in [3.63, 3.8) is 0 Å². The highest BCUT2D eigenvalue weighted by atomic mass is 32.1. The molecule has 23 heavy (non-hydrogen) atoms. The van der Waals surface area contributed by atoms with E-state index in [9.17, 15) is 9.59 Å². The molecule has 1 amide bonds. The topological polar surface area (TPSA) is 55.8 Å². The van der Waals surface area contributed by atoms with Crippen LogP contribution in [0.2, 0.25) is 0 Å². The van der Waals surface area contributed by atoms with E-state index in [-0.39, 0.29) is 17.5 Å². The van der Waals surface area contributed by atoms with Gasteiger partial charge in [-0.1, -0.05) is 0 Å². The molecule has 5 nitrogen and oxygen atoms in total. The zero-order valence-corrected chi connectivity index (χ0v) is 14.3. The van der Waals surface area contributed by atoms with Gasteiger partial charge < -0.3 is 14.4 Å². The number of hydrogen-bond donors (Lipinski definition) is 0. The van der Waals surface area contributed by atoms with Gasteiger partial charge in [0.25, 0.3) is 0 Å². The third kappa shape index (κ3) is 3.43. The first-order valence-corrected chi connectivity index (χ1v) is 9.08. The highest BCUT2D eigenvalue weighted by Gasteiger charge is 2.42. The largest absolute Gasteiger partial charge is 0.469 e. The zero-order chi connectivity index (χ0) is 16.3. The monoisotopic (exact) mass is 337 g/mol. The Bertz CT molecular complexity index is 575. The van der Waals surface area contributed by atoms with E-state index in [0.29, 0.717) is 19.3 Å². The molecule has 126 valence electrons. The van der Waals surface area contributed by atoms with E-state index in [1.54, 1.807) is 11.3 Å². The number of amides is 1. The maximum absolute atomic E-state index is 12.3. The molecule has 2 aliphatic rings. The summed E-state index contributed by atoms with van der Waals surface area (Å²) in [5.74, 6) is -0.123. The van der Waals surface area contributed by atoms with Crippen LogP contribution < -0.4 is 0 Å². The number of nitrogens with zero attached hydrogens (tertiary/aromatic N) is 1. The van der Waals surface area contributed by atoms with Crippen LogP contribution in [0.1, 0.15) is 42.5 Å². The van der Waals surface area contributed by atoms with Crippen molar-refractivity contribution in [3.05, 3.63) is 21.9 Å². The number of ether oxygens (including phenoxy) is 2. The average Bonchev–Trinajstić information content (AvgIpc) is 3.05. The number of carbonyl (C=O) groups excluding carboxylic acids is 2. The van der Waals surface area contributed by atoms with Crippen molar-refractivity contribution >= 4 is 23.2 Å². The number of likely N-dealkylation sites (tertiary alicyclic amines) is 1. The normalized spacial score (nSPS) is 19.4. The van der Waals surface area contributed by atoms with E-state index in [2.05, 4.69) is 16.2 Å². The maximum atomic E-state index is 12.3. The highest BCUT2D eigenvalue weighted by molar-refractivity contribution is 7.10. The van der Waals surface area contributed by atoms with Gasteiger partial charge in [0.05, 0.1) is 13.7 Å². The van der Waals surface area contributed by atoms with E-state index in [1.807, 2.05) is 4.90 Å². The lowest BCUT2D eigenvalue weighted by molar-refractivity contribution is -0.142. The van der Waals surface area contributed by atoms with Gasteiger partial charge in [-0.3, -0.25) is 9.59 Å². The Hall–Kier alpha value is -1.40. The number of methoxy groups -OCH3 is 1. The van der Waals surface area contributed by atoms with Crippen molar-refractivity contribution in [2.75, 3.05) is 26.8 Å². The van der Waals surface area contributed by atoms with E-state index in [1.165, 1.54) is 17.6 Å². The van der Waals surface area contributed by atoms with Crippen molar-refractivity contribution in [3.8, 4) is 0 Å². The van der Waals surface area contributed by atoms with Crippen LogP contribution in [0.25, 0.3) is 0 Å². The fraction of sp³-hybridized carbons (Fsp3) is 0.647. The van der Waals surface area contributed by atoms with Crippen molar-refractivity contribution in [1.29, 1.82) is 0 Å². The molecule has 1 aromatic heterocycles. The molecule has 0 aromatic carbocycles. The van der Waals surface area contributed by atoms with E-state index >= 15 is 0 Å². The number of fused-ring (bicyclic) bond motifs is 2. The van der Waals surface area contributed by atoms with Gasteiger partial charge in [0.15, 0.2) is 0 Å². The molecular formula is C17H23NO4S. The second-order valence-corrected chi connectivity index (χ2v) is 7.09. The maximum Gasteiger partial charge on any atom is 0.305 e. The van der Waals surface area contributed by atoms with E-state index in [0.717, 1.165) is 39.0 Å². The standard InChI is InChI=1S/C17H23NO4S/c1-21-15(20)4-2-3-14(19)18-9-7-17(8-10-18)16-13(5-11-22-17)6-12-23-16/h6,12H,2-5,7-11H2,1H3. The number of piperidine rings is 1. The highest BCUT2D eigenvalue weighted by Crippen LogP contribution is 2.44. The Morgan fingerprint density at radius 1 is 1.35 bits per heavy atom. The van der Waals surface area contributed by atoms with Crippen molar-refractivity contribution in [1.82, 2.24) is 4.90 Å². The fourth-order valence-corrected chi connectivity index (χ4v) is 4.65. The third-order valence-electron chi connectivity index (χ3n) is 4.83. The third-order valence-corrected chi connectivity index (χ3v) is 5.98. The Morgan fingerprint density at radius 3 is 2.87 bits per heavy atom. The second-order valence-electron chi connectivity index (χ2n) is 6.18. The van der Waals surface area contributed by atoms with Crippen LogP contribution in [0.4, 0.5) is 0 Å². The lowest BCUT2D eigenvalue weighted by Crippen LogP contribution is -2.47. The summed E-state index contributed by atoms with van der Waals surface area (Å²) in [6.07, 6.45) is 4.00. The van der Waals surface area contributed by atoms with Crippen LogP contribution in [-0.4, -0.2) is 43.6 Å². The summed E-state index contributed by atoms with van der Waals surface area (Å²) >= 11 is 1.78. The lowest BCUT2D eigenvalue weighted by Gasteiger charge is -2.43. The Morgan fingerprint density at radius 2 is 2.13 bits per heavy atom. The molecule has 0 aliphatic carbocycles. The number of esters is 1. The molecule has 1 fully saturated rings. The minimum Gasteiger partial charge on any atom is -0.469 e. The van der Waals surface area contributed by atoms with Gasteiger partial charge >= 0.3 is 5.97 Å². The summed E-state index contributed by atoms with van der Waals surface area (Å²) in [4.78, 5) is 26.6. The second kappa shape index (κ2) is 7.01. The first-order valence-electron chi connectivity index (χ1n) is 8.20. The summed E-state index contributed by atoms with van der Waals surface area (Å²) in [5, 5.41) is 2.14. The molecule has 1 saturated heterocycles. The fourth-order valence-electron chi connectivity index (χ4n) is 3.49. The zero-order valence-electron chi connectivity index (χ0n) is 13.5. The Balaban J connectivity index is 1.53. The smallest absolute Gasteiger partial charge is 0.305 e. The molecule has 1 spiro atoms. The number of hydrogen-bond acceptors (Lipinski definition) is 5. The predicted molar refractivity (Wildman–Crippen MR) is 87.3 cm³/mol.